The van der Waals surface area contributed by atoms with Crippen molar-refractivity contribution in [1.29, 1.82) is 0 Å². The van der Waals surface area contributed by atoms with E-state index in [0.29, 0.717) is 16.8 Å². The molecule has 20 heavy (non-hydrogen) atoms. The second-order valence-electron chi connectivity index (χ2n) is 4.54. The Bertz CT molecular complexity index is 842. The summed E-state index contributed by atoms with van der Waals surface area (Å²) in [6.45, 7) is 2.23. The summed E-state index contributed by atoms with van der Waals surface area (Å²) in [5.74, 6) is 0.674. The standard InChI is InChI=1S/C15H12BrN3O/c1-10-17-8-13(16)15(20)19(10)9-12-7-6-11-4-2-3-5-14(11)18-12/h2-8H,9H2,1H3. The molecule has 0 amide bonds. The molecule has 3 aromatic rings. The second kappa shape index (κ2) is 5.17. The van der Waals surface area contributed by atoms with Gasteiger partial charge in [0.25, 0.3) is 5.56 Å². The van der Waals surface area contributed by atoms with Gasteiger partial charge in [0.05, 0.1) is 17.8 Å². The van der Waals surface area contributed by atoms with Crippen LogP contribution in [0.15, 0.2) is 51.9 Å². The van der Waals surface area contributed by atoms with Crippen LogP contribution < -0.4 is 5.56 Å². The smallest absolute Gasteiger partial charge is 0.268 e. The quantitative estimate of drug-likeness (QED) is 0.726. The predicted octanol–water partition coefficient (Wildman–Crippen LogP) is 2.91. The number of aryl methyl sites for hydroxylation is 1. The lowest BCUT2D eigenvalue weighted by Crippen LogP contribution is -2.24. The first-order valence-electron chi connectivity index (χ1n) is 6.22. The van der Waals surface area contributed by atoms with E-state index in [1.54, 1.807) is 4.57 Å². The van der Waals surface area contributed by atoms with E-state index in [-0.39, 0.29) is 5.56 Å². The number of pyridine rings is 1. The van der Waals surface area contributed by atoms with Gasteiger partial charge in [-0.05, 0) is 35.0 Å². The van der Waals surface area contributed by atoms with Crippen LogP contribution in [0.5, 0.6) is 0 Å². The van der Waals surface area contributed by atoms with Crippen molar-refractivity contribution in [2.24, 2.45) is 0 Å². The van der Waals surface area contributed by atoms with Crippen molar-refractivity contribution in [3.8, 4) is 0 Å². The summed E-state index contributed by atoms with van der Waals surface area (Å²) < 4.78 is 2.07. The lowest BCUT2D eigenvalue weighted by atomic mass is 10.2. The lowest BCUT2D eigenvalue weighted by molar-refractivity contribution is 0.684. The van der Waals surface area contributed by atoms with Crippen LogP contribution in [0.1, 0.15) is 11.5 Å². The van der Waals surface area contributed by atoms with Crippen molar-refractivity contribution >= 4 is 26.8 Å². The third-order valence-electron chi connectivity index (χ3n) is 3.18. The topological polar surface area (TPSA) is 47.8 Å². The van der Waals surface area contributed by atoms with E-state index in [1.807, 2.05) is 43.3 Å². The molecule has 3 rings (SSSR count). The number of hydrogen-bond donors (Lipinski definition) is 0. The zero-order chi connectivity index (χ0) is 14.1. The number of fused-ring (bicyclic) bond motifs is 1. The average molecular weight is 330 g/mol. The molecule has 0 aliphatic rings. The van der Waals surface area contributed by atoms with Crippen molar-refractivity contribution in [2.75, 3.05) is 0 Å². The maximum Gasteiger partial charge on any atom is 0.268 e. The summed E-state index contributed by atoms with van der Waals surface area (Å²) in [6.07, 6.45) is 1.53. The first-order chi connectivity index (χ1) is 9.65. The zero-order valence-electron chi connectivity index (χ0n) is 10.9. The number of para-hydroxylation sites is 1. The molecule has 0 unspecified atom stereocenters. The molecular formula is C15H12BrN3O. The number of halogens is 1. The average Bonchev–Trinajstić information content (AvgIpc) is 2.47. The first kappa shape index (κ1) is 13.0. The summed E-state index contributed by atoms with van der Waals surface area (Å²) in [5, 5.41) is 1.09. The van der Waals surface area contributed by atoms with Crippen LogP contribution in [-0.2, 0) is 6.54 Å². The van der Waals surface area contributed by atoms with Crippen molar-refractivity contribution in [1.82, 2.24) is 14.5 Å². The summed E-state index contributed by atoms with van der Waals surface area (Å²) in [4.78, 5) is 20.9. The lowest BCUT2D eigenvalue weighted by Gasteiger charge is -2.09. The minimum absolute atomic E-state index is 0.0903. The Morgan fingerprint density at radius 1 is 1.20 bits per heavy atom. The Balaban J connectivity index is 2.05. The third kappa shape index (κ3) is 2.36. The Morgan fingerprint density at radius 3 is 2.85 bits per heavy atom. The molecule has 0 saturated heterocycles. The minimum Gasteiger partial charge on any atom is -0.290 e. The van der Waals surface area contributed by atoms with E-state index in [2.05, 4.69) is 25.9 Å². The van der Waals surface area contributed by atoms with Gasteiger partial charge in [0.2, 0.25) is 0 Å². The molecular weight excluding hydrogens is 318 g/mol. The van der Waals surface area contributed by atoms with E-state index >= 15 is 0 Å². The molecule has 4 nitrogen and oxygen atoms in total. The number of hydrogen-bond acceptors (Lipinski definition) is 3. The van der Waals surface area contributed by atoms with E-state index in [1.165, 1.54) is 6.20 Å². The van der Waals surface area contributed by atoms with Gasteiger partial charge in [-0.15, -0.1) is 0 Å². The SMILES string of the molecule is Cc1ncc(Br)c(=O)n1Cc1ccc2ccccc2n1. The van der Waals surface area contributed by atoms with Crippen LogP contribution in [-0.4, -0.2) is 14.5 Å². The molecule has 0 aliphatic carbocycles. The van der Waals surface area contributed by atoms with Gasteiger partial charge in [0.15, 0.2) is 0 Å². The van der Waals surface area contributed by atoms with Gasteiger partial charge in [-0.1, -0.05) is 24.3 Å². The zero-order valence-corrected chi connectivity index (χ0v) is 12.5. The van der Waals surface area contributed by atoms with Gasteiger partial charge in [0, 0.05) is 11.6 Å². The fourth-order valence-electron chi connectivity index (χ4n) is 2.10. The van der Waals surface area contributed by atoms with Gasteiger partial charge >= 0.3 is 0 Å². The Morgan fingerprint density at radius 2 is 2.00 bits per heavy atom. The minimum atomic E-state index is -0.0903. The third-order valence-corrected chi connectivity index (χ3v) is 3.72. The molecule has 5 heteroatoms. The highest BCUT2D eigenvalue weighted by Gasteiger charge is 2.07. The maximum atomic E-state index is 12.1. The Hall–Kier alpha value is -2.01. The van der Waals surface area contributed by atoms with Crippen LogP contribution in [0.3, 0.4) is 0 Å². The van der Waals surface area contributed by atoms with E-state index in [4.69, 9.17) is 0 Å². The molecule has 0 saturated carbocycles. The number of nitrogens with zero attached hydrogens (tertiary/aromatic N) is 3. The number of benzene rings is 1. The van der Waals surface area contributed by atoms with Gasteiger partial charge < -0.3 is 0 Å². The fourth-order valence-corrected chi connectivity index (χ4v) is 2.41. The van der Waals surface area contributed by atoms with Crippen LogP contribution >= 0.6 is 15.9 Å². The molecule has 100 valence electrons. The van der Waals surface area contributed by atoms with E-state index in [9.17, 15) is 4.79 Å². The van der Waals surface area contributed by atoms with Crippen LogP contribution in [0.4, 0.5) is 0 Å². The molecule has 2 aromatic heterocycles. The van der Waals surface area contributed by atoms with E-state index < -0.39 is 0 Å². The van der Waals surface area contributed by atoms with Gasteiger partial charge in [-0.2, -0.15) is 0 Å². The molecule has 0 atom stereocenters. The van der Waals surface area contributed by atoms with Gasteiger partial charge in [-0.3, -0.25) is 14.3 Å². The molecule has 1 aromatic carbocycles. The van der Waals surface area contributed by atoms with Crippen LogP contribution in [0.25, 0.3) is 10.9 Å². The normalized spacial score (nSPS) is 10.9. The van der Waals surface area contributed by atoms with Gasteiger partial charge in [0.1, 0.15) is 10.3 Å². The van der Waals surface area contributed by atoms with Crippen LogP contribution in [0.2, 0.25) is 0 Å². The summed E-state index contributed by atoms with van der Waals surface area (Å²) in [5.41, 5.74) is 1.68. The number of rotatable bonds is 2. The summed E-state index contributed by atoms with van der Waals surface area (Å²) >= 11 is 3.22. The molecule has 2 heterocycles. The van der Waals surface area contributed by atoms with Crippen molar-refractivity contribution < 1.29 is 0 Å². The highest BCUT2D eigenvalue weighted by molar-refractivity contribution is 9.10. The van der Waals surface area contributed by atoms with Crippen molar-refractivity contribution in [3.63, 3.8) is 0 Å². The van der Waals surface area contributed by atoms with Crippen molar-refractivity contribution in [2.45, 2.75) is 13.5 Å². The molecule has 0 N–H and O–H groups in total. The van der Waals surface area contributed by atoms with Gasteiger partial charge in [-0.25, -0.2) is 4.98 Å². The van der Waals surface area contributed by atoms with E-state index in [0.717, 1.165) is 16.6 Å². The Labute approximate surface area is 124 Å². The predicted molar refractivity (Wildman–Crippen MR) is 81.8 cm³/mol. The summed E-state index contributed by atoms with van der Waals surface area (Å²) in [7, 11) is 0. The summed E-state index contributed by atoms with van der Waals surface area (Å²) in [6, 6.07) is 11.9. The molecule has 0 radical (unpaired) electrons. The molecule has 0 spiro atoms. The number of aromatic nitrogens is 3. The van der Waals surface area contributed by atoms with Crippen molar-refractivity contribution in [3.05, 3.63) is 68.9 Å². The molecule has 0 fully saturated rings. The Kier molecular flexibility index (Phi) is 3.36. The largest absolute Gasteiger partial charge is 0.290 e. The monoisotopic (exact) mass is 329 g/mol. The fraction of sp³-hybridized carbons (Fsp3) is 0.133. The highest BCUT2D eigenvalue weighted by atomic mass is 79.9. The molecule has 0 bridgehead atoms. The molecule has 0 aliphatic heterocycles. The first-order valence-corrected chi connectivity index (χ1v) is 7.01. The highest BCUT2D eigenvalue weighted by Crippen LogP contribution is 2.12. The van der Waals surface area contributed by atoms with Crippen LogP contribution in [0, 0.1) is 6.92 Å². The maximum absolute atomic E-state index is 12.1. The second-order valence-corrected chi connectivity index (χ2v) is 5.39.